The summed E-state index contributed by atoms with van der Waals surface area (Å²) in [6.07, 6.45) is 1.47. The molecule has 0 saturated heterocycles. The van der Waals surface area contributed by atoms with E-state index < -0.39 is 29.3 Å². The number of alkyl halides is 3. The van der Waals surface area contributed by atoms with Crippen LogP contribution < -0.4 is 16.1 Å². The van der Waals surface area contributed by atoms with Gasteiger partial charge in [0.1, 0.15) is 16.4 Å². The quantitative estimate of drug-likeness (QED) is 0.204. The van der Waals surface area contributed by atoms with Crippen LogP contribution in [-0.4, -0.2) is 44.7 Å². The molecule has 226 valence electrons. The molecule has 0 fully saturated rings. The Bertz CT molecular complexity index is 1910. The van der Waals surface area contributed by atoms with Crippen LogP contribution in [-0.2, 0) is 17.5 Å². The van der Waals surface area contributed by atoms with E-state index in [-0.39, 0.29) is 40.5 Å². The number of hydrogen-bond donors (Lipinski definition) is 2. The molecule has 2 N–H and O–H groups in total. The molecule has 10 nitrogen and oxygen atoms in total. The zero-order valence-electron chi connectivity index (χ0n) is 23.4. The van der Waals surface area contributed by atoms with E-state index >= 15 is 0 Å². The number of hydrogen-bond acceptors (Lipinski definition) is 8. The monoisotopic (exact) mass is 622 g/mol. The van der Waals surface area contributed by atoms with Crippen molar-refractivity contribution in [2.75, 3.05) is 18.5 Å². The van der Waals surface area contributed by atoms with Crippen LogP contribution in [0.1, 0.15) is 35.5 Å². The Hall–Kier alpha value is -5.11. The van der Waals surface area contributed by atoms with Crippen LogP contribution in [0, 0.1) is 0 Å². The molecule has 4 heterocycles. The Morgan fingerprint density at radius 1 is 1.09 bits per heavy atom. The third-order valence-electron chi connectivity index (χ3n) is 6.47. The van der Waals surface area contributed by atoms with Crippen molar-refractivity contribution >= 4 is 40.1 Å². The molecule has 14 heteroatoms. The maximum absolute atomic E-state index is 13.4. The van der Waals surface area contributed by atoms with Crippen molar-refractivity contribution in [3.63, 3.8) is 0 Å². The lowest BCUT2D eigenvalue weighted by molar-refractivity contribution is -0.140. The van der Waals surface area contributed by atoms with Gasteiger partial charge in [-0.25, -0.2) is 19.6 Å². The van der Waals surface area contributed by atoms with Crippen LogP contribution in [0.4, 0.5) is 23.8 Å². The van der Waals surface area contributed by atoms with Gasteiger partial charge in [-0.1, -0.05) is 12.1 Å². The van der Waals surface area contributed by atoms with E-state index in [0.717, 1.165) is 22.3 Å². The summed E-state index contributed by atoms with van der Waals surface area (Å²) in [6, 6.07) is 9.36. The van der Waals surface area contributed by atoms with Gasteiger partial charge in [-0.15, -0.1) is 11.3 Å². The van der Waals surface area contributed by atoms with Crippen LogP contribution in [0.15, 0.2) is 71.4 Å². The number of carbonyl (C=O) groups is 2. The highest BCUT2D eigenvalue weighted by molar-refractivity contribution is 7.13. The number of aromatic nitrogens is 4. The lowest BCUT2D eigenvalue weighted by Gasteiger charge is -2.16. The number of thiazole rings is 1. The van der Waals surface area contributed by atoms with E-state index in [2.05, 4.69) is 25.6 Å². The largest absolute Gasteiger partial charge is 0.462 e. The number of fused-ring (bicyclic) bond motifs is 1. The van der Waals surface area contributed by atoms with Crippen LogP contribution in [0.3, 0.4) is 0 Å². The van der Waals surface area contributed by atoms with E-state index in [0.29, 0.717) is 23.2 Å². The van der Waals surface area contributed by atoms with Gasteiger partial charge in [-0.3, -0.25) is 15.1 Å². The summed E-state index contributed by atoms with van der Waals surface area (Å²) in [6.45, 7) is 4.07. The standard InChI is InChI=1S/C30H25F3N6O4S/c1-3-35-29(42)38-25-11-20(27-37-24(16-44-27)30(31,32)33)21(13-36-25)18-7-8-19-23(10-18)39(14-17-6-5-9-34-12-17)15-22(26(19)40)28(41)43-4-2/h5-13,15-16H,3-4,14H2,1-2H3,(H2,35,36,38,42). The summed E-state index contributed by atoms with van der Waals surface area (Å²) >= 11 is 0.796. The van der Waals surface area contributed by atoms with Crippen LogP contribution in [0.5, 0.6) is 0 Å². The number of pyridine rings is 3. The number of nitrogens with zero attached hydrogens (tertiary/aromatic N) is 4. The molecular weight excluding hydrogens is 597 g/mol. The number of benzene rings is 1. The number of ether oxygens (including phenoxy) is 1. The number of carbonyl (C=O) groups excluding carboxylic acids is 2. The topological polar surface area (TPSA) is 128 Å². The maximum atomic E-state index is 13.4. The summed E-state index contributed by atoms with van der Waals surface area (Å²) in [5.41, 5.74) is 0.745. The molecule has 1 aromatic carbocycles. The SMILES string of the molecule is CCNC(=O)Nc1cc(-c2nc(C(F)(F)F)cs2)c(-c2ccc3c(=O)c(C(=O)OCC)cn(Cc4cccnc4)c3c2)cn1. The van der Waals surface area contributed by atoms with Crippen LogP contribution in [0.25, 0.3) is 32.6 Å². The van der Waals surface area contributed by atoms with Gasteiger partial charge >= 0.3 is 18.2 Å². The highest BCUT2D eigenvalue weighted by Gasteiger charge is 2.34. The van der Waals surface area contributed by atoms with Crippen LogP contribution >= 0.6 is 11.3 Å². The molecular formula is C30H25F3N6O4S. The third-order valence-corrected chi connectivity index (χ3v) is 7.35. The van der Waals surface area contributed by atoms with Gasteiger partial charge in [0.25, 0.3) is 0 Å². The van der Waals surface area contributed by atoms with Gasteiger partial charge in [0, 0.05) is 59.8 Å². The molecule has 0 atom stereocenters. The highest BCUT2D eigenvalue weighted by atomic mass is 32.1. The van der Waals surface area contributed by atoms with Crippen molar-refractivity contribution in [3.05, 3.63) is 93.6 Å². The van der Waals surface area contributed by atoms with E-state index in [4.69, 9.17) is 4.74 Å². The minimum atomic E-state index is -4.65. The molecule has 4 aromatic heterocycles. The summed E-state index contributed by atoms with van der Waals surface area (Å²) in [7, 11) is 0. The molecule has 0 unspecified atom stereocenters. The molecule has 5 rings (SSSR count). The molecule has 0 spiro atoms. The second kappa shape index (κ2) is 12.6. The van der Waals surface area contributed by atoms with E-state index in [9.17, 15) is 27.6 Å². The molecule has 5 aromatic rings. The number of rotatable bonds is 8. The fourth-order valence-corrected chi connectivity index (χ4v) is 5.37. The lowest BCUT2D eigenvalue weighted by atomic mass is 9.99. The predicted molar refractivity (Wildman–Crippen MR) is 160 cm³/mol. The molecule has 0 aliphatic heterocycles. The van der Waals surface area contributed by atoms with E-state index in [1.54, 1.807) is 55.1 Å². The minimum absolute atomic E-state index is 0.0548. The fourth-order valence-electron chi connectivity index (χ4n) is 4.51. The summed E-state index contributed by atoms with van der Waals surface area (Å²) in [4.78, 5) is 50.4. The summed E-state index contributed by atoms with van der Waals surface area (Å²) in [5, 5.41) is 6.35. The summed E-state index contributed by atoms with van der Waals surface area (Å²) < 4.78 is 47.2. The number of halogens is 3. The Morgan fingerprint density at radius 2 is 1.91 bits per heavy atom. The lowest BCUT2D eigenvalue weighted by Crippen LogP contribution is -2.28. The number of urea groups is 1. The zero-order chi connectivity index (χ0) is 31.4. The number of esters is 1. The first-order valence-electron chi connectivity index (χ1n) is 13.4. The zero-order valence-corrected chi connectivity index (χ0v) is 24.3. The average Bonchev–Trinajstić information content (AvgIpc) is 3.50. The number of nitrogens with one attached hydrogen (secondary N) is 2. The maximum Gasteiger partial charge on any atom is 0.434 e. The van der Waals surface area contributed by atoms with Gasteiger partial charge in [0.15, 0.2) is 5.69 Å². The molecule has 0 bridgehead atoms. The Kier molecular flexibility index (Phi) is 8.71. The van der Waals surface area contributed by atoms with Gasteiger partial charge in [-0.05, 0) is 49.2 Å². The third kappa shape index (κ3) is 6.44. The normalized spacial score (nSPS) is 11.4. The first kappa shape index (κ1) is 30.4. The van der Waals surface area contributed by atoms with Crippen molar-refractivity contribution in [3.8, 4) is 21.7 Å². The molecule has 44 heavy (non-hydrogen) atoms. The van der Waals surface area contributed by atoms with Gasteiger partial charge < -0.3 is 14.6 Å². The van der Waals surface area contributed by atoms with Crippen molar-refractivity contribution in [1.82, 2.24) is 24.8 Å². The second-order valence-corrected chi connectivity index (χ2v) is 10.3. The highest BCUT2D eigenvalue weighted by Crippen LogP contribution is 2.39. The van der Waals surface area contributed by atoms with Gasteiger partial charge in [-0.2, -0.15) is 13.2 Å². The predicted octanol–water partition coefficient (Wildman–Crippen LogP) is 5.97. The number of amides is 2. The Labute approximate surface area is 252 Å². The Morgan fingerprint density at radius 3 is 2.59 bits per heavy atom. The van der Waals surface area contributed by atoms with Gasteiger partial charge in [0.05, 0.1) is 12.1 Å². The molecule has 0 aliphatic rings. The first-order valence-corrected chi connectivity index (χ1v) is 14.3. The van der Waals surface area contributed by atoms with Gasteiger partial charge in [0.2, 0.25) is 5.43 Å². The van der Waals surface area contributed by atoms with Crippen LogP contribution in [0.2, 0.25) is 0 Å². The van der Waals surface area contributed by atoms with Crippen molar-refractivity contribution in [2.24, 2.45) is 0 Å². The average molecular weight is 623 g/mol. The molecule has 0 aliphatic carbocycles. The smallest absolute Gasteiger partial charge is 0.434 e. The molecule has 0 saturated carbocycles. The number of anilines is 1. The minimum Gasteiger partial charge on any atom is -0.462 e. The van der Waals surface area contributed by atoms with Crippen molar-refractivity contribution in [2.45, 2.75) is 26.6 Å². The summed E-state index contributed by atoms with van der Waals surface area (Å²) in [5.74, 6) is -0.652. The van der Waals surface area contributed by atoms with E-state index in [1.165, 1.54) is 18.5 Å². The van der Waals surface area contributed by atoms with Crippen molar-refractivity contribution in [1.29, 1.82) is 0 Å². The molecule has 2 amide bonds. The fraction of sp³-hybridized carbons (Fsp3) is 0.200. The first-order chi connectivity index (χ1) is 21.1. The second-order valence-electron chi connectivity index (χ2n) is 9.45. The Balaban J connectivity index is 1.69. The van der Waals surface area contributed by atoms with E-state index in [1.807, 2.05) is 6.07 Å². The van der Waals surface area contributed by atoms with Crippen molar-refractivity contribution < 1.29 is 27.5 Å². The molecule has 0 radical (unpaired) electrons.